The summed E-state index contributed by atoms with van der Waals surface area (Å²) in [4.78, 5) is 24.6. The van der Waals surface area contributed by atoms with E-state index in [4.69, 9.17) is 5.41 Å². The van der Waals surface area contributed by atoms with Crippen molar-refractivity contribution in [3.8, 4) is 6.07 Å². The molecule has 0 aliphatic rings. The number of pyridine rings is 1. The molecule has 31 heavy (non-hydrogen) atoms. The molecule has 3 aromatic rings. The molecule has 1 heterocycles. The molecule has 0 bridgehead atoms. The summed E-state index contributed by atoms with van der Waals surface area (Å²) in [5.41, 5.74) is 3.98. The van der Waals surface area contributed by atoms with Crippen molar-refractivity contribution >= 4 is 29.2 Å². The number of rotatable bonds is 6. The van der Waals surface area contributed by atoms with Crippen LogP contribution < -0.4 is 16.2 Å². The van der Waals surface area contributed by atoms with Crippen LogP contribution in [0.25, 0.3) is 0 Å². The first kappa shape index (κ1) is 21.5. The molecule has 2 aromatic carbocycles. The van der Waals surface area contributed by atoms with Gasteiger partial charge in [-0.25, -0.2) is 0 Å². The Hall–Kier alpha value is -4.18. The van der Waals surface area contributed by atoms with E-state index in [-0.39, 0.29) is 17.4 Å². The molecule has 0 spiro atoms. The van der Waals surface area contributed by atoms with Gasteiger partial charge in [-0.3, -0.25) is 9.59 Å². The van der Waals surface area contributed by atoms with Crippen LogP contribution in [0.4, 0.5) is 17.1 Å². The van der Waals surface area contributed by atoms with Gasteiger partial charge in [-0.05, 0) is 47.9 Å². The molecule has 156 valence electrons. The topological polar surface area (TPSA) is 111 Å². The van der Waals surface area contributed by atoms with E-state index in [1.54, 1.807) is 55.7 Å². The maximum Gasteiger partial charge on any atom is 0.255 e. The number of nitrogens with zero attached hydrogens (tertiary/aromatic N) is 2. The van der Waals surface area contributed by atoms with Crippen LogP contribution >= 0.6 is 0 Å². The molecule has 0 saturated carbocycles. The van der Waals surface area contributed by atoms with Crippen molar-refractivity contribution in [1.82, 2.24) is 4.57 Å². The van der Waals surface area contributed by atoms with E-state index in [1.165, 1.54) is 16.8 Å². The molecule has 7 nitrogen and oxygen atoms in total. The zero-order chi connectivity index (χ0) is 22.5. The van der Waals surface area contributed by atoms with Gasteiger partial charge in [0.1, 0.15) is 0 Å². The summed E-state index contributed by atoms with van der Waals surface area (Å²) in [6.07, 6.45) is 2.87. The van der Waals surface area contributed by atoms with Crippen LogP contribution in [-0.4, -0.2) is 16.7 Å². The number of carbonyl (C=O) groups is 1. The summed E-state index contributed by atoms with van der Waals surface area (Å²) in [6, 6.07) is 15.6. The monoisotopic (exact) mass is 413 g/mol. The summed E-state index contributed by atoms with van der Waals surface area (Å²) >= 11 is 0. The Balaban J connectivity index is 1.93. The van der Waals surface area contributed by atoms with Gasteiger partial charge in [-0.1, -0.05) is 19.9 Å². The van der Waals surface area contributed by atoms with Crippen molar-refractivity contribution in [2.75, 3.05) is 10.6 Å². The molecule has 0 radical (unpaired) electrons. The Kier molecular flexibility index (Phi) is 6.32. The first-order chi connectivity index (χ1) is 14.8. The Morgan fingerprint density at radius 1 is 1.16 bits per heavy atom. The van der Waals surface area contributed by atoms with Gasteiger partial charge in [0, 0.05) is 48.0 Å². The van der Waals surface area contributed by atoms with E-state index in [2.05, 4.69) is 16.7 Å². The van der Waals surface area contributed by atoms with Gasteiger partial charge >= 0.3 is 0 Å². The summed E-state index contributed by atoms with van der Waals surface area (Å²) < 4.78 is 1.45. The van der Waals surface area contributed by atoms with Crippen molar-refractivity contribution in [2.45, 2.75) is 19.8 Å². The van der Waals surface area contributed by atoms with Gasteiger partial charge in [0.2, 0.25) is 5.56 Å². The van der Waals surface area contributed by atoms with Crippen LogP contribution in [0.3, 0.4) is 0 Å². The van der Waals surface area contributed by atoms with E-state index < -0.39 is 0 Å². The van der Waals surface area contributed by atoms with E-state index in [1.807, 2.05) is 13.8 Å². The lowest BCUT2D eigenvalue weighted by molar-refractivity contribution is 0.102. The molecule has 0 saturated heterocycles. The van der Waals surface area contributed by atoms with Crippen LogP contribution in [0.2, 0.25) is 0 Å². The number of carbonyl (C=O) groups excluding carboxylic acids is 1. The molecule has 1 aromatic heterocycles. The highest BCUT2D eigenvalue weighted by Gasteiger charge is 2.18. The second-order valence-electron chi connectivity index (χ2n) is 7.43. The lowest BCUT2D eigenvalue weighted by atomic mass is 9.92. The third-order valence-electron chi connectivity index (χ3n) is 4.88. The standard InChI is InChI=1S/C24H23N5O2/c1-15(2)23-17(13-26)5-4-6-20(23)24(31)28-18-8-7-16(12-25)21(11-18)27-19-9-10-22(30)29(3)14-19/h4-12,14-15,25,27H,1-3H3,(H,28,31). The van der Waals surface area contributed by atoms with Gasteiger partial charge in [-0.2, -0.15) is 5.26 Å². The summed E-state index contributed by atoms with van der Waals surface area (Å²) in [6.45, 7) is 3.89. The quantitative estimate of drug-likeness (QED) is 0.521. The number of amides is 1. The molecular weight excluding hydrogens is 390 g/mol. The lowest BCUT2D eigenvalue weighted by Crippen LogP contribution is -2.16. The molecule has 0 unspecified atom stereocenters. The molecule has 0 aliphatic carbocycles. The maximum absolute atomic E-state index is 13.0. The molecule has 0 aliphatic heterocycles. The zero-order valence-corrected chi connectivity index (χ0v) is 17.6. The highest BCUT2D eigenvalue weighted by Crippen LogP contribution is 2.27. The van der Waals surface area contributed by atoms with Gasteiger partial charge in [-0.15, -0.1) is 0 Å². The van der Waals surface area contributed by atoms with Crippen molar-refractivity contribution in [1.29, 1.82) is 10.7 Å². The third-order valence-corrected chi connectivity index (χ3v) is 4.88. The largest absolute Gasteiger partial charge is 0.354 e. The summed E-state index contributed by atoms with van der Waals surface area (Å²) in [7, 11) is 1.66. The predicted molar refractivity (Wildman–Crippen MR) is 122 cm³/mol. The fourth-order valence-corrected chi connectivity index (χ4v) is 3.37. The molecule has 0 atom stereocenters. The average molecular weight is 413 g/mol. The van der Waals surface area contributed by atoms with Crippen molar-refractivity contribution in [3.05, 3.63) is 87.3 Å². The highest BCUT2D eigenvalue weighted by molar-refractivity contribution is 6.06. The Labute approximate surface area is 180 Å². The van der Waals surface area contributed by atoms with Gasteiger partial charge in [0.05, 0.1) is 17.3 Å². The average Bonchev–Trinajstić information content (AvgIpc) is 2.75. The molecule has 3 N–H and O–H groups in total. The van der Waals surface area contributed by atoms with Crippen LogP contribution in [0.1, 0.15) is 46.8 Å². The number of hydrogen-bond donors (Lipinski definition) is 3. The van der Waals surface area contributed by atoms with Crippen LogP contribution in [0.5, 0.6) is 0 Å². The fraction of sp³-hybridized carbons (Fsp3) is 0.167. The summed E-state index contributed by atoms with van der Waals surface area (Å²) in [5, 5.41) is 23.1. The van der Waals surface area contributed by atoms with Gasteiger partial charge in [0.15, 0.2) is 0 Å². The normalized spacial score (nSPS) is 10.4. The van der Waals surface area contributed by atoms with E-state index in [0.29, 0.717) is 39.3 Å². The number of nitriles is 1. The molecule has 7 heteroatoms. The number of nitrogens with one attached hydrogen (secondary N) is 3. The van der Waals surface area contributed by atoms with E-state index in [9.17, 15) is 14.9 Å². The second-order valence-corrected chi connectivity index (χ2v) is 7.43. The zero-order valence-electron chi connectivity index (χ0n) is 17.6. The number of benzene rings is 2. The van der Waals surface area contributed by atoms with Crippen molar-refractivity contribution < 1.29 is 4.79 Å². The van der Waals surface area contributed by atoms with Crippen LogP contribution in [-0.2, 0) is 7.05 Å². The number of hydrogen-bond acceptors (Lipinski definition) is 5. The first-order valence-corrected chi connectivity index (χ1v) is 9.76. The first-order valence-electron chi connectivity index (χ1n) is 9.76. The van der Waals surface area contributed by atoms with Crippen LogP contribution in [0, 0.1) is 16.7 Å². The Morgan fingerprint density at radius 3 is 2.55 bits per heavy atom. The number of aryl methyl sites for hydroxylation is 1. The fourth-order valence-electron chi connectivity index (χ4n) is 3.37. The highest BCUT2D eigenvalue weighted by atomic mass is 16.1. The Morgan fingerprint density at radius 2 is 1.90 bits per heavy atom. The van der Waals surface area contributed by atoms with E-state index in [0.717, 1.165) is 0 Å². The smallest absolute Gasteiger partial charge is 0.255 e. The Bertz CT molecular complexity index is 1250. The minimum absolute atomic E-state index is 0.0128. The van der Waals surface area contributed by atoms with Crippen molar-refractivity contribution in [3.63, 3.8) is 0 Å². The SMILES string of the molecule is CC(C)c1c(C#N)cccc1C(=O)Nc1ccc(C=N)c(Nc2ccc(=O)n(C)c2)c1. The van der Waals surface area contributed by atoms with Gasteiger partial charge < -0.3 is 20.6 Å². The van der Waals surface area contributed by atoms with Crippen molar-refractivity contribution in [2.24, 2.45) is 7.05 Å². The minimum Gasteiger partial charge on any atom is -0.354 e. The number of aromatic nitrogens is 1. The molecule has 1 amide bonds. The summed E-state index contributed by atoms with van der Waals surface area (Å²) in [5.74, 6) is -0.296. The second kappa shape index (κ2) is 9.09. The molecule has 3 rings (SSSR count). The lowest BCUT2D eigenvalue weighted by Gasteiger charge is -2.16. The predicted octanol–water partition coefficient (Wildman–Crippen LogP) is 4.37. The molecular formula is C24H23N5O2. The maximum atomic E-state index is 13.0. The van der Waals surface area contributed by atoms with Crippen LogP contribution in [0.15, 0.2) is 59.5 Å². The molecule has 0 fully saturated rings. The minimum atomic E-state index is -0.309. The van der Waals surface area contributed by atoms with Gasteiger partial charge in [0.25, 0.3) is 5.91 Å². The number of anilines is 3. The van der Waals surface area contributed by atoms with E-state index >= 15 is 0 Å². The third kappa shape index (κ3) is 4.70.